The molecular weight excluding hydrogens is 346 g/mol. The predicted octanol–water partition coefficient (Wildman–Crippen LogP) is 2.03. The topological polar surface area (TPSA) is 105 Å². The van der Waals surface area contributed by atoms with Crippen LogP contribution in [0.3, 0.4) is 0 Å². The summed E-state index contributed by atoms with van der Waals surface area (Å²) in [7, 11) is 0. The van der Waals surface area contributed by atoms with Crippen LogP contribution in [0.25, 0.3) is 11.4 Å². The largest absolute Gasteiger partial charge is 0.337 e. The number of hydrogen-bond acceptors (Lipinski definition) is 6. The van der Waals surface area contributed by atoms with Crippen molar-refractivity contribution in [1.82, 2.24) is 25.0 Å². The van der Waals surface area contributed by atoms with E-state index in [1.54, 1.807) is 11.8 Å². The van der Waals surface area contributed by atoms with E-state index in [9.17, 15) is 9.59 Å². The van der Waals surface area contributed by atoms with Gasteiger partial charge in [-0.15, -0.1) is 0 Å². The molecule has 0 saturated carbocycles. The third-order valence-electron chi connectivity index (χ3n) is 4.67. The maximum atomic E-state index is 12.8. The van der Waals surface area contributed by atoms with Gasteiger partial charge in [-0.05, 0) is 19.8 Å². The van der Waals surface area contributed by atoms with Gasteiger partial charge in [-0.1, -0.05) is 35.5 Å². The average Bonchev–Trinajstić information content (AvgIpc) is 3.33. The Morgan fingerprint density at radius 3 is 2.93 bits per heavy atom. The number of hydrogen-bond donors (Lipinski definition) is 1. The smallest absolute Gasteiger partial charge is 0.254 e. The van der Waals surface area contributed by atoms with Crippen molar-refractivity contribution in [3.8, 4) is 11.4 Å². The molecule has 8 heteroatoms. The number of nitrogens with zero attached hydrogens (tertiary/aromatic N) is 4. The minimum atomic E-state index is -0.282. The van der Waals surface area contributed by atoms with Crippen LogP contribution in [0.4, 0.5) is 0 Å². The molecule has 1 atom stereocenters. The maximum absolute atomic E-state index is 12.8. The zero-order valence-electron chi connectivity index (χ0n) is 14.9. The van der Waals surface area contributed by atoms with E-state index in [2.05, 4.69) is 20.1 Å². The van der Waals surface area contributed by atoms with Gasteiger partial charge in [-0.3, -0.25) is 9.59 Å². The first kappa shape index (κ1) is 17.1. The summed E-state index contributed by atoms with van der Waals surface area (Å²) in [6.45, 7) is 2.30. The number of rotatable bonds is 4. The third kappa shape index (κ3) is 3.51. The lowest BCUT2D eigenvalue weighted by atomic mass is 10.2. The summed E-state index contributed by atoms with van der Waals surface area (Å²) < 4.78 is 5.44. The standard InChI is InChI=1S/C19H19N5O3/c1-12-20-11-14(18(26)21-12)10-16(25)24-9-5-8-15(24)19-22-17(23-27-19)13-6-3-2-4-7-13/h2-4,6-7,11,15H,5,8-10H2,1H3,(H,20,21,26)/t15-/m1/s1. The zero-order chi connectivity index (χ0) is 18.8. The van der Waals surface area contributed by atoms with Gasteiger partial charge < -0.3 is 14.4 Å². The van der Waals surface area contributed by atoms with Crippen LogP contribution < -0.4 is 5.56 Å². The molecule has 0 aliphatic carbocycles. The van der Waals surface area contributed by atoms with Crippen LogP contribution in [0.2, 0.25) is 0 Å². The maximum Gasteiger partial charge on any atom is 0.254 e. The molecule has 0 unspecified atom stereocenters. The second-order valence-electron chi connectivity index (χ2n) is 6.57. The lowest BCUT2D eigenvalue weighted by Gasteiger charge is -2.21. The number of nitrogens with one attached hydrogen (secondary N) is 1. The normalized spacial score (nSPS) is 16.6. The second-order valence-corrected chi connectivity index (χ2v) is 6.57. The summed E-state index contributed by atoms with van der Waals surface area (Å²) in [5.41, 5.74) is 0.933. The molecule has 1 saturated heterocycles. The fraction of sp³-hybridized carbons (Fsp3) is 0.316. The molecule has 1 fully saturated rings. The van der Waals surface area contributed by atoms with E-state index in [-0.39, 0.29) is 23.9 Å². The van der Waals surface area contributed by atoms with Gasteiger partial charge in [0.15, 0.2) is 0 Å². The number of aromatic nitrogens is 4. The highest BCUT2D eigenvalue weighted by molar-refractivity contribution is 5.79. The van der Waals surface area contributed by atoms with E-state index in [1.165, 1.54) is 6.20 Å². The van der Waals surface area contributed by atoms with E-state index in [0.29, 0.717) is 29.6 Å². The SMILES string of the molecule is Cc1ncc(CC(=O)N2CCC[C@@H]2c2nc(-c3ccccc3)no2)c(=O)[nH]1. The molecule has 1 aromatic carbocycles. The van der Waals surface area contributed by atoms with Crippen molar-refractivity contribution in [1.29, 1.82) is 0 Å². The van der Waals surface area contributed by atoms with Crippen LogP contribution >= 0.6 is 0 Å². The van der Waals surface area contributed by atoms with Gasteiger partial charge in [0, 0.05) is 23.9 Å². The van der Waals surface area contributed by atoms with Crippen molar-refractivity contribution in [2.75, 3.05) is 6.54 Å². The third-order valence-corrected chi connectivity index (χ3v) is 4.67. The van der Waals surface area contributed by atoms with Crippen LogP contribution in [0.5, 0.6) is 0 Å². The summed E-state index contributed by atoms with van der Waals surface area (Å²) in [6, 6.07) is 9.28. The Labute approximate surface area is 155 Å². The van der Waals surface area contributed by atoms with Crippen molar-refractivity contribution in [3.05, 3.63) is 64.2 Å². The van der Waals surface area contributed by atoms with E-state index in [0.717, 1.165) is 18.4 Å². The fourth-order valence-corrected chi connectivity index (χ4v) is 3.30. The minimum Gasteiger partial charge on any atom is -0.337 e. The monoisotopic (exact) mass is 365 g/mol. The van der Waals surface area contributed by atoms with Crippen molar-refractivity contribution in [3.63, 3.8) is 0 Å². The Balaban J connectivity index is 1.53. The zero-order valence-corrected chi connectivity index (χ0v) is 14.9. The molecular formula is C19H19N5O3. The van der Waals surface area contributed by atoms with Crippen LogP contribution in [0, 0.1) is 6.92 Å². The highest BCUT2D eigenvalue weighted by atomic mass is 16.5. The Morgan fingerprint density at radius 1 is 1.33 bits per heavy atom. The molecule has 3 heterocycles. The molecule has 4 rings (SSSR count). The number of benzene rings is 1. The van der Waals surface area contributed by atoms with E-state index < -0.39 is 0 Å². The van der Waals surface area contributed by atoms with Crippen LogP contribution in [-0.2, 0) is 11.2 Å². The molecule has 138 valence electrons. The molecule has 2 aromatic heterocycles. The Hall–Kier alpha value is -3.29. The predicted molar refractivity (Wildman–Crippen MR) is 96.7 cm³/mol. The molecule has 1 aliphatic heterocycles. The Bertz CT molecular complexity index is 1010. The van der Waals surface area contributed by atoms with E-state index in [4.69, 9.17) is 4.52 Å². The molecule has 0 radical (unpaired) electrons. The average molecular weight is 365 g/mol. The lowest BCUT2D eigenvalue weighted by Crippen LogP contribution is -2.33. The summed E-state index contributed by atoms with van der Waals surface area (Å²) in [4.78, 5) is 37.6. The molecule has 3 aromatic rings. The summed E-state index contributed by atoms with van der Waals surface area (Å²) >= 11 is 0. The van der Waals surface area contributed by atoms with Gasteiger partial charge in [-0.25, -0.2) is 4.98 Å². The molecule has 1 amide bonds. The van der Waals surface area contributed by atoms with Crippen LogP contribution in [-0.4, -0.2) is 37.5 Å². The van der Waals surface area contributed by atoms with Crippen molar-refractivity contribution < 1.29 is 9.32 Å². The first-order valence-electron chi connectivity index (χ1n) is 8.85. The first-order chi connectivity index (χ1) is 13.1. The van der Waals surface area contributed by atoms with Crippen molar-refractivity contribution in [2.24, 2.45) is 0 Å². The second kappa shape index (κ2) is 7.14. The van der Waals surface area contributed by atoms with Crippen molar-refractivity contribution in [2.45, 2.75) is 32.2 Å². The van der Waals surface area contributed by atoms with Crippen molar-refractivity contribution >= 4 is 5.91 Å². The number of aryl methyl sites for hydroxylation is 1. The number of H-pyrrole nitrogens is 1. The first-order valence-corrected chi connectivity index (χ1v) is 8.85. The number of amides is 1. The van der Waals surface area contributed by atoms with Gasteiger partial charge in [-0.2, -0.15) is 4.98 Å². The minimum absolute atomic E-state index is 0.00120. The molecule has 0 bridgehead atoms. The lowest BCUT2D eigenvalue weighted by molar-refractivity contribution is -0.131. The van der Waals surface area contributed by atoms with E-state index >= 15 is 0 Å². The number of aromatic amines is 1. The number of likely N-dealkylation sites (tertiary alicyclic amines) is 1. The highest BCUT2D eigenvalue weighted by Gasteiger charge is 2.34. The Kier molecular flexibility index (Phi) is 4.53. The highest BCUT2D eigenvalue weighted by Crippen LogP contribution is 2.32. The number of carbonyl (C=O) groups is 1. The quantitative estimate of drug-likeness (QED) is 0.758. The molecule has 1 aliphatic rings. The van der Waals surface area contributed by atoms with E-state index in [1.807, 2.05) is 30.3 Å². The van der Waals surface area contributed by atoms with Crippen LogP contribution in [0.1, 0.15) is 36.2 Å². The molecule has 0 spiro atoms. The molecule has 27 heavy (non-hydrogen) atoms. The fourth-order valence-electron chi connectivity index (χ4n) is 3.30. The molecule has 1 N–H and O–H groups in total. The van der Waals surface area contributed by atoms with Crippen LogP contribution in [0.15, 0.2) is 45.8 Å². The summed E-state index contributed by atoms with van der Waals surface area (Å²) in [5.74, 6) is 1.31. The van der Waals surface area contributed by atoms with Gasteiger partial charge in [0.05, 0.1) is 6.42 Å². The molecule has 8 nitrogen and oxygen atoms in total. The number of carbonyl (C=O) groups excluding carboxylic acids is 1. The van der Waals surface area contributed by atoms with Gasteiger partial charge in [0.25, 0.3) is 5.56 Å². The van der Waals surface area contributed by atoms with Gasteiger partial charge >= 0.3 is 0 Å². The van der Waals surface area contributed by atoms with Gasteiger partial charge in [0.1, 0.15) is 11.9 Å². The summed E-state index contributed by atoms with van der Waals surface area (Å²) in [6.07, 6.45) is 3.06. The Morgan fingerprint density at radius 2 is 2.15 bits per heavy atom. The van der Waals surface area contributed by atoms with Gasteiger partial charge in [0.2, 0.25) is 17.6 Å². The summed E-state index contributed by atoms with van der Waals surface area (Å²) in [5, 5.41) is 4.04.